The van der Waals surface area contributed by atoms with Gasteiger partial charge >= 0.3 is 30.6 Å². The second-order valence-corrected chi connectivity index (χ2v) is 28.3. The van der Waals surface area contributed by atoms with E-state index in [1.807, 2.05) is 26.3 Å². The number of fused-ring (bicyclic) bond motifs is 4. The Morgan fingerprint density at radius 1 is 0.447 bits per heavy atom. The number of carbonyl (C=O) groups excluding carboxylic acids is 3. The number of rotatable bonds is 19. The fourth-order valence-corrected chi connectivity index (χ4v) is 13.7. The number of benzene rings is 4. The number of aryl methyl sites for hydroxylation is 1. The van der Waals surface area contributed by atoms with Gasteiger partial charge in [0, 0.05) is 63.2 Å². The largest absolute Gasteiger partial charge is 0.398 e. The molecule has 0 spiro atoms. The molecule has 43 heteroatoms. The summed E-state index contributed by atoms with van der Waals surface area (Å²) in [6, 6.07) is 24.0. The molecule has 13 rings (SSSR count). The maximum absolute atomic E-state index is 12.6. The molecule has 0 bridgehead atoms. The first-order chi connectivity index (χ1) is 48.8. The minimum Gasteiger partial charge on any atom is -0.398 e. The summed E-state index contributed by atoms with van der Waals surface area (Å²) < 4.78 is 108. The zero-order valence-corrected chi connectivity index (χ0v) is 56.7. The van der Waals surface area contributed by atoms with E-state index in [4.69, 9.17) is 42.9 Å². The fourth-order valence-electron chi connectivity index (χ4n) is 11.3. The minimum atomic E-state index is -4.36. The number of nitrogens with zero attached hydrogens (tertiary/aromatic N) is 11. The molecule has 3 amide bonds. The normalized spacial score (nSPS) is 22.7. The summed E-state index contributed by atoms with van der Waals surface area (Å²) in [7, 11) is -9.42. The Morgan fingerprint density at radius 3 is 1.27 bits per heavy atom. The number of aliphatic hydroxyl groups excluding tert-OH is 6. The van der Waals surface area contributed by atoms with Crippen LogP contribution in [0.4, 0.5) is 34.3 Å². The SMILES string of the molecule is CN(C)c1ncnc2c1ncn2[C@@H]1O[C@H](CNS(=O)(=O)NC(=O)c2ccccc2N)[C@@H](O)[C@H]1O.Cc1ccc(C(=O)NS(=O)(=O)NC[C@H]2O[C@@H](n3cnc4c(N)ccnc43)[C@H](O)[C@@H]2O)c(N)c1.Nc1cc2ccccc2cc1C(=O)NS(=O)(=O)NC[C@H]1O[C@@H](n2cnc3c(N)ccnc32)[C@H](O)[C@@H]1O. The van der Waals surface area contributed by atoms with Gasteiger partial charge in [0.1, 0.15) is 72.3 Å². The van der Waals surface area contributed by atoms with Gasteiger partial charge in [-0.05, 0) is 71.8 Å². The van der Waals surface area contributed by atoms with E-state index in [0.29, 0.717) is 56.1 Å². The van der Waals surface area contributed by atoms with Crippen molar-refractivity contribution in [2.45, 2.75) is 80.5 Å². The minimum absolute atomic E-state index is 0.00243. The number of ether oxygens (including phenoxy) is 3. The van der Waals surface area contributed by atoms with Crippen molar-refractivity contribution in [2.75, 3.05) is 67.3 Å². The van der Waals surface area contributed by atoms with Gasteiger partial charge in [-0.3, -0.25) is 28.1 Å². The topological polar surface area (TPSA) is 613 Å². The highest BCUT2D eigenvalue weighted by Crippen LogP contribution is 2.36. The predicted octanol–water partition coefficient (Wildman–Crippen LogP) is -3.22. The molecule has 22 N–H and O–H groups in total. The van der Waals surface area contributed by atoms with Gasteiger partial charge in [0.05, 0.1) is 47.0 Å². The molecule has 0 aliphatic carbocycles. The first kappa shape index (κ1) is 73.7. The summed E-state index contributed by atoms with van der Waals surface area (Å²) in [4.78, 5) is 68.2. The van der Waals surface area contributed by atoms with Crippen LogP contribution >= 0.6 is 0 Å². The predicted molar refractivity (Wildman–Crippen MR) is 369 cm³/mol. The Balaban J connectivity index is 0.000000155. The molecule has 12 atom stereocenters. The Labute approximate surface area is 584 Å². The Hall–Kier alpha value is -10.5. The number of carbonyl (C=O) groups is 3. The van der Waals surface area contributed by atoms with Crippen LogP contribution < -0.4 is 61.9 Å². The van der Waals surface area contributed by atoms with Crippen molar-refractivity contribution in [3.05, 3.63) is 151 Å². The molecule has 40 nitrogen and oxygen atoms in total. The number of pyridine rings is 2. The number of anilines is 6. The van der Waals surface area contributed by atoms with Crippen molar-refractivity contribution in [3.63, 3.8) is 0 Å². The van der Waals surface area contributed by atoms with Crippen LogP contribution in [0.1, 0.15) is 55.3 Å². The summed E-state index contributed by atoms with van der Waals surface area (Å²) in [6.45, 7) is 0.490. The van der Waals surface area contributed by atoms with E-state index in [9.17, 15) is 70.3 Å². The lowest BCUT2D eigenvalue weighted by Gasteiger charge is -2.17. The molecule has 103 heavy (non-hydrogen) atoms. The maximum Gasteiger partial charge on any atom is 0.301 e. The summed E-state index contributed by atoms with van der Waals surface area (Å²) >= 11 is 0. The van der Waals surface area contributed by atoms with E-state index in [1.165, 1.54) is 75.7 Å². The molecule has 0 saturated carbocycles. The summed E-state index contributed by atoms with van der Waals surface area (Å²) in [6.07, 6.45) is -6.81. The Bertz CT molecular complexity index is 5210. The monoisotopic (exact) mass is 1480 g/mol. The number of hydrogen-bond donors (Lipinski definition) is 17. The summed E-state index contributed by atoms with van der Waals surface area (Å²) in [5.41, 5.74) is 33.3. The van der Waals surface area contributed by atoms with Crippen molar-refractivity contribution in [1.82, 2.24) is 76.9 Å². The van der Waals surface area contributed by atoms with E-state index >= 15 is 0 Å². The van der Waals surface area contributed by atoms with Gasteiger partial charge in [-0.25, -0.2) is 49.1 Å². The molecule has 0 unspecified atom stereocenters. The molecule has 10 aromatic rings. The highest BCUT2D eigenvalue weighted by atomic mass is 32.2. The number of nitrogens with one attached hydrogen (secondary N) is 6. The second-order valence-electron chi connectivity index (χ2n) is 23.8. The Morgan fingerprint density at radius 2 is 0.835 bits per heavy atom. The number of amides is 3. The maximum atomic E-state index is 12.6. The second kappa shape index (κ2) is 29.8. The van der Waals surface area contributed by atoms with Crippen LogP contribution in [0.2, 0.25) is 0 Å². The lowest BCUT2D eigenvalue weighted by molar-refractivity contribution is -0.0330. The third-order valence-corrected chi connectivity index (χ3v) is 19.5. The third-order valence-electron chi connectivity index (χ3n) is 16.5. The number of aliphatic hydroxyl groups is 6. The van der Waals surface area contributed by atoms with Gasteiger partial charge < -0.3 is 78.4 Å². The average Bonchev–Trinajstić information content (AvgIpc) is 1.64. The molecule has 546 valence electrons. The van der Waals surface area contributed by atoms with Crippen LogP contribution in [0.25, 0.3) is 44.3 Å². The lowest BCUT2D eigenvalue weighted by Crippen LogP contribution is -2.45. The van der Waals surface area contributed by atoms with Crippen LogP contribution in [0.15, 0.2) is 129 Å². The molecular formula is C60H70N22O18S3. The van der Waals surface area contributed by atoms with E-state index in [0.717, 1.165) is 10.9 Å². The number of nitrogens with two attached hydrogens (primary N) is 5. The fraction of sp³-hybridized carbons (Fsp3) is 0.300. The molecule has 3 aliphatic rings. The number of imidazole rings is 3. The highest BCUT2D eigenvalue weighted by molar-refractivity contribution is 7.88. The van der Waals surface area contributed by atoms with Crippen LogP contribution in [-0.2, 0) is 44.8 Å². The van der Waals surface area contributed by atoms with Crippen LogP contribution in [0, 0.1) is 6.92 Å². The van der Waals surface area contributed by atoms with Gasteiger partial charge in [-0.2, -0.15) is 39.4 Å². The smallest absolute Gasteiger partial charge is 0.301 e. The van der Waals surface area contributed by atoms with E-state index in [1.54, 1.807) is 80.5 Å². The standard InChI is InChI=1S/C22H23N7O6S.C19H24N8O6S.C19H23N7O6S/c23-14-5-6-25-20-17(14)26-10-29(20)22-19(31)18(30)16(35-22)9-27-36(33,34)28-21(32)13-7-11-3-1-2-4-12(11)8-15(13)24;1-26(2)16-13-17(22-8-21-16)27(9-23-13)19-15(29)14(28)12(33-19)7-24-34(31,32)25-18(30)10-5-3-4-6-11(10)20;1-9-2-3-10(12(21)6-9)18(29)25-33(30,31)24-7-13-15(27)16(28)19(32-13)26-8-23-14-11(20)4-5-22-17(14)26/h1-8,10,16,18-19,22,27,30-31H,9,24H2,(H2,23,25)(H,28,32);3-6,8-9,12,14-15,19,24,28-29H,7,20H2,1-2H3,(H,25,30);2-6,8,13,15-16,19,24,27-28H,7,21H2,1H3,(H2,20,22)(H,25,29)/t16-,18-,19-,22-;12-,14-,15-,19-;13-,15-,16-,19-/m111/s1. The Kier molecular flexibility index (Phi) is 21.4. The van der Waals surface area contributed by atoms with Crippen molar-refractivity contribution in [2.24, 2.45) is 0 Å². The van der Waals surface area contributed by atoms with Crippen molar-refractivity contribution in [1.29, 1.82) is 0 Å². The molecule has 3 saturated heterocycles. The average molecular weight is 1480 g/mol. The van der Waals surface area contributed by atoms with Crippen molar-refractivity contribution >= 4 is 127 Å². The molecule has 6 aromatic heterocycles. The number of nitrogen functional groups attached to an aromatic ring is 5. The van der Waals surface area contributed by atoms with E-state index in [2.05, 4.69) is 49.1 Å². The number of para-hydroxylation sites is 1. The number of aromatic nitrogens is 10. The molecular weight excluding hydrogens is 1410 g/mol. The molecule has 3 fully saturated rings. The van der Waals surface area contributed by atoms with Gasteiger partial charge in [0.25, 0.3) is 17.7 Å². The van der Waals surface area contributed by atoms with E-state index in [-0.39, 0.29) is 33.8 Å². The summed E-state index contributed by atoms with van der Waals surface area (Å²) in [5.74, 6) is -2.21. The summed E-state index contributed by atoms with van der Waals surface area (Å²) in [5, 5.41) is 64.3. The lowest BCUT2D eigenvalue weighted by atomic mass is 10.0. The van der Waals surface area contributed by atoms with Crippen LogP contribution in [0.5, 0.6) is 0 Å². The van der Waals surface area contributed by atoms with Crippen LogP contribution in [-0.4, -0.2) is 211 Å². The quantitative estimate of drug-likeness (QED) is 0.0354. The highest BCUT2D eigenvalue weighted by Gasteiger charge is 2.47. The van der Waals surface area contributed by atoms with Crippen molar-refractivity contribution in [3.8, 4) is 0 Å². The molecule has 9 heterocycles. The first-order valence-electron chi connectivity index (χ1n) is 30.8. The zero-order chi connectivity index (χ0) is 74.1. The van der Waals surface area contributed by atoms with E-state index < -0.39 is 142 Å². The third kappa shape index (κ3) is 15.9. The molecule has 3 aliphatic heterocycles. The molecule has 0 radical (unpaired) electrons. The van der Waals surface area contributed by atoms with Crippen molar-refractivity contribution < 1.29 is 84.5 Å². The number of hydrogen-bond acceptors (Lipinski definition) is 31. The molecule has 4 aromatic carbocycles. The van der Waals surface area contributed by atoms with Gasteiger partial charge in [0.2, 0.25) is 0 Å². The van der Waals surface area contributed by atoms with Gasteiger partial charge in [-0.15, -0.1) is 0 Å². The van der Waals surface area contributed by atoms with Gasteiger partial charge in [0.15, 0.2) is 47.0 Å². The first-order valence-corrected chi connectivity index (χ1v) is 35.2. The van der Waals surface area contributed by atoms with Crippen LogP contribution in [0.3, 0.4) is 0 Å². The zero-order valence-electron chi connectivity index (χ0n) is 54.3. The van der Waals surface area contributed by atoms with Gasteiger partial charge in [-0.1, -0.05) is 42.5 Å².